The summed E-state index contributed by atoms with van der Waals surface area (Å²) in [6.45, 7) is 0. The van der Waals surface area contributed by atoms with Crippen molar-refractivity contribution in [2.24, 2.45) is 0 Å². The molecule has 0 radical (unpaired) electrons. The molecule has 82 valence electrons. The van der Waals surface area contributed by atoms with Crippen molar-refractivity contribution in [2.75, 3.05) is 5.32 Å². The number of halogens is 2. The number of H-pyrrole nitrogens is 1. The average Bonchev–Trinajstić information content (AvgIpc) is 2.74. The molecule has 2 rings (SSSR count). The van der Waals surface area contributed by atoms with Crippen LogP contribution in [0.1, 0.15) is 10.4 Å². The molecule has 0 aliphatic rings. The summed E-state index contributed by atoms with van der Waals surface area (Å²) in [4.78, 5) is 14.6. The predicted molar refractivity (Wildman–Crippen MR) is 50.7 cm³/mol. The number of pyridine rings is 1. The number of carbonyl (C=O) groups excluding carboxylic acids is 1. The van der Waals surface area contributed by atoms with E-state index in [9.17, 15) is 13.6 Å². The number of hydrogen-bond donors (Lipinski definition) is 2. The van der Waals surface area contributed by atoms with Crippen LogP contribution in [0.2, 0.25) is 0 Å². The Labute approximate surface area is 88.5 Å². The molecule has 0 aliphatic carbocycles. The van der Waals surface area contributed by atoms with Crippen LogP contribution >= 0.6 is 0 Å². The minimum absolute atomic E-state index is 0.363. The van der Waals surface area contributed by atoms with E-state index in [1.54, 1.807) is 0 Å². The largest absolute Gasteiger partial charge is 0.319 e. The molecule has 7 heteroatoms. The summed E-state index contributed by atoms with van der Waals surface area (Å²) in [7, 11) is 0. The average molecular weight is 224 g/mol. The zero-order valence-electron chi connectivity index (χ0n) is 7.87. The SMILES string of the molecule is O=C(Nc1cn[nH]c1)c1ccnc(F)c1F. The Kier molecular flexibility index (Phi) is 2.59. The van der Waals surface area contributed by atoms with Crippen LogP contribution in [0.4, 0.5) is 14.5 Å². The molecule has 5 nitrogen and oxygen atoms in total. The highest BCUT2D eigenvalue weighted by molar-refractivity contribution is 6.04. The van der Waals surface area contributed by atoms with Gasteiger partial charge in [-0.25, -0.2) is 9.37 Å². The van der Waals surface area contributed by atoms with Gasteiger partial charge >= 0.3 is 0 Å². The first kappa shape index (κ1) is 10.2. The molecule has 0 atom stereocenters. The second-order valence-corrected chi connectivity index (χ2v) is 2.90. The molecule has 0 bridgehead atoms. The number of carbonyl (C=O) groups is 1. The number of aromatic nitrogens is 3. The number of aromatic amines is 1. The summed E-state index contributed by atoms with van der Waals surface area (Å²) < 4.78 is 25.9. The number of rotatable bonds is 2. The smallest absolute Gasteiger partial charge is 0.258 e. The van der Waals surface area contributed by atoms with E-state index < -0.39 is 23.2 Å². The van der Waals surface area contributed by atoms with E-state index in [-0.39, 0.29) is 0 Å². The van der Waals surface area contributed by atoms with Gasteiger partial charge in [-0.1, -0.05) is 0 Å². The summed E-state index contributed by atoms with van der Waals surface area (Å²) in [5.41, 5.74) is -0.0460. The molecule has 2 N–H and O–H groups in total. The molecule has 2 aromatic heterocycles. The van der Waals surface area contributed by atoms with Crippen molar-refractivity contribution < 1.29 is 13.6 Å². The molecule has 0 unspecified atom stereocenters. The van der Waals surface area contributed by atoms with E-state index in [2.05, 4.69) is 20.5 Å². The van der Waals surface area contributed by atoms with Crippen molar-refractivity contribution in [1.29, 1.82) is 0 Å². The molecule has 2 aromatic rings. The van der Waals surface area contributed by atoms with E-state index in [1.165, 1.54) is 12.4 Å². The van der Waals surface area contributed by atoms with E-state index in [1.807, 2.05) is 0 Å². The van der Waals surface area contributed by atoms with Gasteiger partial charge in [-0.05, 0) is 6.07 Å². The molecular weight excluding hydrogens is 218 g/mol. The number of hydrogen-bond acceptors (Lipinski definition) is 3. The van der Waals surface area contributed by atoms with Gasteiger partial charge in [0, 0.05) is 12.4 Å². The Morgan fingerprint density at radius 1 is 1.44 bits per heavy atom. The Morgan fingerprint density at radius 2 is 2.25 bits per heavy atom. The van der Waals surface area contributed by atoms with E-state index >= 15 is 0 Å². The fourth-order valence-corrected chi connectivity index (χ4v) is 1.11. The maximum atomic E-state index is 13.2. The third kappa shape index (κ3) is 1.88. The highest BCUT2D eigenvalue weighted by Crippen LogP contribution is 2.11. The van der Waals surface area contributed by atoms with Crippen molar-refractivity contribution in [3.63, 3.8) is 0 Å². The molecule has 0 saturated carbocycles. The van der Waals surface area contributed by atoms with Gasteiger partial charge in [0.25, 0.3) is 5.91 Å². The van der Waals surface area contributed by atoms with Gasteiger partial charge < -0.3 is 5.32 Å². The van der Waals surface area contributed by atoms with Crippen LogP contribution < -0.4 is 5.32 Å². The Morgan fingerprint density at radius 3 is 2.94 bits per heavy atom. The number of nitrogens with one attached hydrogen (secondary N) is 2. The molecule has 0 spiro atoms. The molecular formula is C9H6F2N4O. The summed E-state index contributed by atoms with van der Waals surface area (Å²) in [5.74, 6) is -3.34. The van der Waals surface area contributed by atoms with Gasteiger partial charge in [-0.2, -0.15) is 9.49 Å². The monoisotopic (exact) mass is 224 g/mol. The van der Waals surface area contributed by atoms with Crippen LogP contribution in [0, 0.1) is 11.8 Å². The topological polar surface area (TPSA) is 70.7 Å². The molecule has 0 aromatic carbocycles. The Balaban J connectivity index is 2.24. The molecule has 16 heavy (non-hydrogen) atoms. The number of anilines is 1. The van der Waals surface area contributed by atoms with Gasteiger partial charge in [-0.3, -0.25) is 9.89 Å². The number of amides is 1. The van der Waals surface area contributed by atoms with E-state index in [4.69, 9.17) is 0 Å². The van der Waals surface area contributed by atoms with Crippen molar-refractivity contribution >= 4 is 11.6 Å². The molecule has 1 amide bonds. The minimum Gasteiger partial charge on any atom is -0.319 e. The fraction of sp³-hybridized carbons (Fsp3) is 0. The van der Waals surface area contributed by atoms with Crippen LogP contribution in [-0.2, 0) is 0 Å². The van der Waals surface area contributed by atoms with Gasteiger partial charge in [0.1, 0.15) is 0 Å². The van der Waals surface area contributed by atoms with Crippen LogP contribution in [0.15, 0.2) is 24.7 Å². The van der Waals surface area contributed by atoms with E-state index in [0.717, 1.165) is 12.3 Å². The maximum Gasteiger partial charge on any atom is 0.258 e. The van der Waals surface area contributed by atoms with Crippen LogP contribution in [0.3, 0.4) is 0 Å². The van der Waals surface area contributed by atoms with E-state index in [0.29, 0.717) is 5.69 Å². The van der Waals surface area contributed by atoms with Gasteiger partial charge in [0.15, 0.2) is 5.82 Å². The van der Waals surface area contributed by atoms with Crippen LogP contribution in [0.5, 0.6) is 0 Å². The second-order valence-electron chi connectivity index (χ2n) is 2.90. The van der Waals surface area contributed by atoms with Crippen LogP contribution in [0.25, 0.3) is 0 Å². The number of nitrogens with zero attached hydrogens (tertiary/aromatic N) is 2. The van der Waals surface area contributed by atoms with Crippen molar-refractivity contribution in [1.82, 2.24) is 15.2 Å². The summed E-state index contributed by atoms with van der Waals surface area (Å²) in [6, 6.07) is 1.09. The quantitative estimate of drug-likeness (QED) is 0.756. The zero-order chi connectivity index (χ0) is 11.5. The van der Waals surface area contributed by atoms with Gasteiger partial charge in [-0.15, -0.1) is 0 Å². The lowest BCUT2D eigenvalue weighted by Gasteiger charge is -2.03. The normalized spacial score (nSPS) is 10.1. The standard InChI is InChI=1S/C9H6F2N4O/c10-7-6(1-2-12-8(7)11)9(16)15-5-3-13-14-4-5/h1-4H,(H,13,14)(H,15,16). The summed E-state index contributed by atoms with van der Waals surface area (Å²) >= 11 is 0. The summed E-state index contributed by atoms with van der Waals surface area (Å²) in [5, 5.41) is 8.40. The second kappa shape index (κ2) is 4.05. The maximum absolute atomic E-state index is 13.2. The first-order chi connectivity index (χ1) is 7.68. The third-order valence-electron chi connectivity index (χ3n) is 1.85. The lowest BCUT2D eigenvalue weighted by molar-refractivity contribution is 0.102. The van der Waals surface area contributed by atoms with Crippen molar-refractivity contribution in [3.8, 4) is 0 Å². The lowest BCUT2D eigenvalue weighted by atomic mass is 10.2. The molecule has 0 fully saturated rings. The predicted octanol–water partition coefficient (Wildman–Crippen LogP) is 1.34. The zero-order valence-corrected chi connectivity index (χ0v) is 7.87. The minimum atomic E-state index is -1.31. The molecule has 2 heterocycles. The van der Waals surface area contributed by atoms with Crippen molar-refractivity contribution in [3.05, 3.63) is 42.0 Å². The van der Waals surface area contributed by atoms with Gasteiger partial charge in [0.2, 0.25) is 5.95 Å². The van der Waals surface area contributed by atoms with Crippen LogP contribution in [-0.4, -0.2) is 21.1 Å². The fourth-order valence-electron chi connectivity index (χ4n) is 1.11. The van der Waals surface area contributed by atoms with Crippen molar-refractivity contribution in [2.45, 2.75) is 0 Å². The first-order valence-electron chi connectivity index (χ1n) is 4.28. The third-order valence-corrected chi connectivity index (χ3v) is 1.85. The molecule has 0 saturated heterocycles. The highest BCUT2D eigenvalue weighted by atomic mass is 19.2. The Hall–Kier alpha value is -2.31. The molecule has 0 aliphatic heterocycles. The summed E-state index contributed by atoms with van der Waals surface area (Å²) in [6.07, 6.45) is 3.77. The Bertz CT molecular complexity index is 512. The highest BCUT2D eigenvalue weighted by Gasteiger charge is 2.16. The lowest BCUT2D eigenvalue weighted by Crippen LogP contribution is -2.14. The van der Waals surface area contributed by atoms with Gasteiger partial charge in [0.05, 0.1) is 17.4 Å². The first-order valence-corrected chi connectivity index (χ1v) is 4.28.